The predicted octanol–water partition coefficient (Wildman–Crippen LogP) is 5.53. The summed E-state index contributed by atoms with van der Waals surface area (Å²) in [5.74, 6) is -0.131. The number of hydrogen-bond donors (Lipinski definition) is 2. The van der Waals surface area contributed by atoms with E-state index in [9.17, 15) is 14.0 Å². The van der Waals surface area contributed by atoms with Crippen LogP contribution in [0.2, 0.25) is 0 Å². The first-order valence-corrected chi connectivity index (χ1v) is 11.8. The van der Waals surface area contributed by atoms with Gasteiger partial charge in [0.25, 0.3) is 5.91 Å². The smallest absolute Gasteiger partial charge is 0.413 e. The Kier molecular flexibility index (Phi) is 6.02. The van der Waals surface area contributed by atoms with Crippen molar-refractivity contribution in [3.63, 3.8) is 0 Å². The number of primary amides is 1. The van der Waals surface area contributed by atoms with Crippen molar-refractivity contribution in [1.29, 1.82) is 0 Å². The van der Waals surface area contributed by atoms with Crippen molar-refractivity contribution in [3.8, 4) is 16.8 Å². The van der Waals surface area contributed by atoms with E-state index >= 15 is 0 Å². The summed E-state index contributed by atoms with van der Waals surface area (Å²) < 4.78 is 21.1. The molecule has 0 unspecified atom stereocenters. The molecular formula is C28H25FN6O3. The molecule has 0 aliphatic rings. The number of benzene rings is 2. The molecular weight excluding hydrogens is 487 g/mol. The Hall–Kier alpha value is -4.86. The lowest BCUT2D eigenvalue weighted by molar-refractivity contribution is 0.0635. The van der Waals surface area contributed by atoms with E-state index in [2.05, 4.69) is 20.3 Å². The number of aryl methyl sites for hydroxylation is 1. The number of amides is 2. The summed E-state index contributed by atoms with van der Waals surface area (Å²) in [6.45, 7) is 7.12. The lowest BCUT2D eigenvalue weighted by atomic mass is 10.0. The summed E-state index contributed by atoms with van der Waals surface area (Å²) in [6.07, 6.45) is 2.51. The number of rotatable bonds is 4. The van der Waals surface area contributed by atoms with E-state index in [4.69, 9.17) is 10.5 Å². The fraction of sp³-hybridized carbons (Fsp3) is 0.179. The van der Waals surface area contributed by atoms with Gasteiger partial charge in [-0.3, -0.25) is 19.7 Å². The quantitative estimate of drug-likeness (QED) is 0.326. The van der Waals surface area contributed by atoms with Gasteiger partial charge >= 0.3 is 6.09 Å². The SMILES string of the molecule is Cc1nc2c(C(N)=O)cc(-c3ccnc(NC(=O)OC(C)(C)C)c3)cc2n1-c1ccnc2cc(F)ccc12. The van der Waals surface area contributed by atoms with Crippen LogP contribution >= 0.6 is 0 Å². The molecule has 3 heterocycles. The minimum Gasteiger partial charge on any atom is -0.444 e. The molecule has 0 aliphatic carbocycles. The number of carbonyl (C=O) groups is 2. The molecule has 3 aromatic heterocycles. The number of nitrogens with zero attached hydrogens (tertiary/aromatic N) is 4. The van der Waals surface area contributed by atoms with Crippen LogP contribution in [0.5, 0.6) is 0 Å². The zero-order chi connectivity index (χ0) is 27.2. The third-order valence-electron chi connectivity index (χ3n) is 5.84. The normalized spacial score (nSPS) is 11.6. The number of carbonyl (C=O) groups excluding carboxylic acids is 2. The number of nitrogens with two attached hydrogens (primary N) is 1. The molecule has 0 radical (unpaired) electrons. The second-order valence-electron chi connectivity index (χ2n) is 9.80. The fourth-order valence-corrected chi connectivity index (χ4v) is 4.34. The molecule has 2 aromatic carbocycles. The van der Waals surface area contributed by atoms with Crippen molar-refractivity contribution in [2.45, 2.75) is 33.3 Å². The zero-order valence-electron chi connectivity index (χ0n) is 21.2. The molecule has 0 saturated heterocycles. The molecule has 0 spiro atoms. The second-order valence-corrected chi connectivity index (χ2v) is 9.80. The van der Waals surface area contributed by atoms with E-state index in [-0.39, 0.29) is 17.2 Å². The van der Waals surface area contributed by atoms with Crippen molar-refractivity contribution in [2.75, 3.05) is 5.32 Å². The number of anilines is 1. The van der Waals surface area contributed by atoms with Crippen molar-refractivity contribution < 1.29 is 18.7 Å². The largest absolute Gasteiger partial charge is 0.444 e. The van der Waals surface area contributed by atoms with Crippen molar-refractivity contribution in [2.24, 2.45) is 5.73 Å². The van der Waals surface area contributed by atoms with Crippen LogP contribution in [0.4, 0.5) is 15.0 Å². The number of pyridine rings is 2. The highest BCUT2D eigenvalue weighted by Crippen LogP contribution is 2.33. The minimum absolute atomic E-state index is 0.238. The van der Waals surface area contributed by atoms with Gasteiger partial charge in [-0.05, 0) is 81.3 Å². The summed E-state index contributed by atoms with van der Waals surface area (Å²) in [5.41, 5.74) is 8.96. The number of hydrogen-bond acceptors (Lipinski definition) is 6. The van der Waals surface area contributed by atoms with E-state index in [1.54, 1.807) is 63.5 Å². The number of imidazole rings is 1. The third kappa shape index (κ3) is 4.75. The Morgan fingerprint density at radius 1 is 1.00 bits per heavy atom. The number of ether oxygens (including phenoxy) is 1. The highest BCUT2D eigenvalue weighted by atomic mass is 19.1. The highest BCUT2D eigenvalue weighted by Gasteiger charge is 2.20. The Morgan fingerprint density at radius 3 is 2.50 bits per heavy atom. The van der Waals surface area contributed by atoms with Crippen LogP contribution in [0.1, 0.15) is 37.0 Å². The summed E-state index contributed by atoms with van der Waals surface area (Å²) >= 11 is 0. The molecule has 5 aromatic rings. The van der Waals surface area contributed by atoms with Gasteiger partial charge in [-0.1, -0.05) is 0 Å². The molecule has 10 heteroatoms. The van der Waals surface area contributed by atoms with Gasteiger partial charge in [-0.2, -0.15) is 0 Å². The summed E-state index contributed by atoms with van der Waals surface area (Å²) in [6, 6.07) is 13.2. The Labute approximate surface area is 217 Å². The molecule has 0 atom stereocenters. The molecule has 38 heavy (non-hydrogen) atoms. The lowest BCUT2D eigenvalue weighted by Gasteiger charge is -2.19. The molecule has 0 fully saturated rings. The molecule has 2 amide bonds. The molecule has 0 bridgehead atoms. The van der Waals surface area contributed by atoms with Crippen LogP contribution in [-0.2, 0) is 4.74 Å². The van der Waals surface area contributed by atoms with Gasteiger partial charge in [0.1, 0.15) is 28.6 Å². The molecule has 9 nitrogen and oxygen atoms in total. The third-order valence-corrected chi connectivity index (χ3v) is 5.84. The predicted molar refractivity (Wildman–Crippen MR) is 143 cm³/mol. The first-order chi connectivity index (χ1) is 18.0. The minimum atomic E-state index is -0.664. The average Bonchev–Trinajstić information content (AvgIpc) is 3.17. The fourth-order valence-electron chi connectivity index (χ4n) is 4.34. The van der Waals surface area contributed by atoms with Gasteiger partial charge in [0.2, 0.25) is 0 Å². The average molecular weight is 513 g/mol. The maximum absolute atomic E-state index is 13.9. The van der Waals surface area contributed by atoms with Gasteiger partial charge in [0.15, 0.2) is 0 Å². The topological polar surface area (TPSA) is 125 Å². The second kappa shape index (κ2) is 9.22. The van der Waals surface area contributed by atoms with Crippen LogP contribution < -0.4 is 11.1 Å². The first kappa shape index (κ1) is 24.8. The highest BCUT2D eigenvalue weighted by molar-refractivity contribution is 6.07. The van der Waals surface area contributed by atoms with Gasteiger partial charge in [-0.25, -0.2) is 19.2 Å². The van der Waals surface area contributed by atoms with Crippen LogP contribution in [-0.4, -0.2) is 37.1 Å². The van der Waals surface area contributed by atoms with Gasteiger partial charge in [-0.15, -0.1) is 0 Å². The summed E-state index contributed by atoms with van der Waals surface area (Å²) in [5, 5.41) is 3.35. The molecule has 192 valence electrons. The molecule has 5 rings (SSSR count). The number of aromatic nitrogens is 4. The van der Waals surface area contributed by atoms with Crippen LogP contribution in [0.25, 0.3) is 38.8 Å². The summed E-state index contributed by atoms with van der Waals surface area (Å²) in [4.78, 5) is 37.9. The maximum Gasteiger partial charge on any atom is 0.413 e. The summed E-state index contributed by atoms with van der Waals surface area (Å²) in [7, 11) is 0. The van der Waals surface area contributed by atoms with Gasteiger partial charge in [0.05, 0.1) is 22.3 Å². The number of nitrogens with one attached hydrogen (secondary N) is 1. The van der Waals surface area contributed by atoms with E-state index in [0.29, 0.717) is 33.5 Å². The number of fused-ring (bicyclic) bond motifs is 2. The molecule has 3 N–H and O–H groups in total. The van der Waals surface area contributed by atoms with E-state index < -0.39 is 17.6 Å². The maximum atomic E-state index is 13.9. The van der Waals surface area contributed by atoms with Crippen molar-refractivity contribution in [1.82, 2.24) is 19.5 Å². The van der Waals surface area contributed by atoms with E-state index in [1.807, 2.05) is 17.6 Å². The lowest BCUT2D eigenvalue weighted by Crippen LogP contribution is -2.27. The van der Waals surface area contributed by atoms with Crippen LogP contribution in [0, 0.1) is 12.7 Å². The van der Waals surface area contributed by atoms with Crippen LogP contribution in [0.3, 0.4) is 0 Å². The molecule has 0 aliphatic heterocycles. The Bertz CT molecular complexity index is 1740. The monoisotopic (exact) mass is 512 g/mol. The zero-order valence-corrected chi connectivity index (χ0v) is 21.2. The van der Waals surface area contributed by atoms with Gasteiger partial charge in [0, 0.05) is 23.8 Å². The van der Waals surface area contributed by atoms with E-state index in [0.717, 1.165) is 11.1 Å². The Morgan fingerprint density at radius 2 is 1.76 bits per heavy atom. The first-order valence-electron chi connectivity index (χ1n) is 11.8. The molecule has 0 saturated carbocycles. The van der Waals surface area contributed by atoms with Crippen molar-refractivity contribution in [3.05, 3.63) is 78.1 Å². The number of halogens is 1. The standard InChI is InChI=1S/C28H25FN6O3/c1-15-33-25-20(26(30)36)11-17(16-7-9-32-24(13-16)34-27(37)38-28(2,3)4)12-23(25)35(15)22-8-10-31-21-14-18(29)5-6-19(21)22/h5-14H,1-4H3,(H2,30,36)(H,32,34,37). The van der Waals surface area contributed by atoms with Crippen molar-refractivity contribution >= 4 is 39.8 Å². The van der Waals surface area contributed by atoms with Gasteiger partial charge < -0.3 is 10.5 Å². The van der Waals surface area contributed by atoms with Crippen LogP contribution in [0.15, 0.2) is 60.9 Å². The Balaban J connectivity index is 1.67. The van der Waals surface area contributed by atoms with E-state index in [1.165, 1.54) is 12.1 Å².